The van der Waals surface area contributed by atoms with Gasteiger partial charge in [0.1, 0.15) is 11.8 Å². The zero-order valence-electron chi connectivity index (χ0n) is 19.2. The molecule has 0 atom stereocenters. The normalized spacial score (nSPS) is 14.9. The lowest BCUT2D eigenvalue weighted by molar-refractivity contribution is 0.0333. The minimum absolute atomic E-state index is 0.482. The van der Waals surface area contributed by atoms with Crippen molar-refractivity contribution in [3.63, 3.8) is 0 Å². The number of nitrogens with two attached hydrogens (primary N) is 1. The van der Waals surface area contributed by atoms with Crippen LogP contribution in [0.5, 0.6) is 0 Å². The summed E-state index contributed by atoms with van der Waals surface area (Å²) >= 11 is 0. The topological polar surface area (TPSA) is 86.5 Å². The SMILES string of the molecule is Cc1c(-c2ccc3cn(Cc4ccccc4)nc3c2)c2c(N)ncnn2c1CN1CCOCC1. The van der Waals surface area contributed by atoms with Crippen LogP contribution in [0.25, 0.3) is 27.5 Å². The smallest absolute Gasteiger partial charge is 0.151 e. The fourth-order valence-corrected chi connectivity index (χ4v) is 4.87. The third-order valence-corrected chi connectivity index (χ3v) is 6.63. The summed E-state index contributed by atoms with van der Waals surface area (Å²) in [6, 6.07) is 16.8. The van der Waals surface area contributed by atoms with Gasteiger partial charge in [-0.1, -0.05) is 42.5 Å². The van der Waals surface area contributed by atoms with Crippen molar-refractivity contribution in [1.82, 2.24) is 29.3 Å². The van der Waals surface area contributed by atoms with Gasteiger partial charge in [-0.05, 0) is 29.7 Å². The van der Waals surface area contributed by atoms with E-state index in [0.717, 1.165) is 72.6 Å². The van der Waals surface area contributed by atoms with Crippen molar-refractivity contribution >= 4 is 22.2 Å². The van der Waals surface area contributed by atoms with Crippen LogP contribution in [0.15, 0.2) is 61.1 Å². The van der Waals surface area contributed by atoms with Gasteiger partial charge in [-0.25, -0.2) is 9.50 Å². The molecular weight excluding hydrogens is 426 g/mol. The molecule has 4 heterocycles. The summed E-state index contributed by atoms with van der Waals surface area (Å²) in [6.45, 7) is 7.02. The molecule has 8 heteroatoms. The van der Waals surface area contributed by atoms with Gasteiger partial charge in [0.2, 0.25) is 0 Å². The monoisotopic (exact) mass is 453 g/mol. The highest BCUT2D eigenvalue weighted by Crippen LogP contribution is 2.36. The van der Waals surface area contributed by atoms with E-state index in [1.54, 1.807) is 0 Å². The fraction of sp³-hybridized carbons (Fsp3) is 0.269. The van der Waals surface area contributed by atoms with Crippen LogP contribution >= 0.6 is 0 Å². The molecule has 0 radical (unpaired) electrons. The van der Waals surface area contributed by atoms with E-state index in [0.29, 0.717) is 5.82 Å². The molecule has 5 aromatic rings. The van der Waals surface area contributed by atoms with E-state index < -0.39 is 0 Å². The minimum atomic E-state index is 0.482. The number of nitrogen functional groups attached to an aromatic ring is 1. The number of benzene rings is 2. The molecule has 34 heavy (non-hydrogen) atoms. The number of aromatic nitrogens is 5. The molecule has 0 aliphatic carbocycles. The highest BCUT2D eigenvalue weighted by atomic mass is 16.5. The Hall–Kier alpha value is -3.75. The Balaban J connectivity index is 1.42. The van der Waals surface area contributed by atoms with Gasteiger partial charge in [0, 0.05) is 36.8 Å². The summed E-state index contributed by atoms with van der Waals surface area (Å²) in [6.07, 6.45) is 3.63. The summed E-state index contributed by atoms with van der Waals surface area (Å²) < 4.78 is 9.48. The summed E-state index contributed by atoms with van der Waals surface area (Å²) in [4.78, 5) is 6.70. The first-order valence-electron chi connectivity index (χ1n) is 11.6. The van der Waals surface area contributed by atoms with E-state index in [4.69, 9.17) is 15.6 Å². The number of anilines is 1. The molecule has 1 aliphatic rings. The van der Waals surface area contributed by atoms with Gasteiger partial charge in [0.25, 0.3) is 0 Å². The zero-order chi connectivity index (χ0) is 23.1. The number of hydrogen-bond acceptors (Lipinski definition) is 6. The highest BCUT2D eigenvalue weighted by molar-refractivity contribution is 5.94. The maximum Gasteiger partial charge on any atom is 0.151 e. The molecule has 0 spiro atoms. The first kappa shape index (κ1) is 20.8. The average Bonchev–Trinajstić information content (AvgIpc) is 3.38. The van der Waals surface area contributed by atoms with Crippen LogP contribution in [-0.2, 0) is 17.8 Å². The molecule has 3 aromatic heterocycles. The van der Waals surface area contributed by atoms with E-state index in [2.05, 4.69) is 70.6 Å². The lowest BCUT2D eigenvalue weighted by Crippen LogP contribution is -2.36. The number of morpholine rings is 1. The largest absolute Gasteiger partial charge is 0.382 e. The first-order chi connectivity index (χ1) is 16.7. The van der Waals surface area contributed by atoms with Gasteiger partial charge in [0.15, 0.2) is 5.82 Å². The van der Waals surface area contributed by atoms with Crippen LogP contribution in [0.1, 0.15) is 16.8 Å². The molecule has 0 bridgehead atoms. The van der Waals surface area contributed by atoms with Gasteiger partial charge in [0.05, 0.1) is 31.0 Å². The van der Waals surface area contributed by atoms with Crippen LogP contribution in [0.2, 0.25) is 0 Å². The summed E-state index contributed by atoms with van der Waals surface area (Å²) in [5.74, 6) is 0.482. The molecule has 1 fully saturated rings. The van der Waals surface area contributed by atoms with Crippen LogP contribution < -0.4 is 5.73 Å². The lowest BCUT2D eigenvalue weighted by atomic mass is 10.0. The van der Waals surface area contributed by atoms with Gasteiger partial charge in [-0.2, -0.15) is 10.2 Å². The Morgan fingerprint density at radius 2 is 1.85 bits per heavy atom. The van der Waals surface area contributed by atoms with Crippen LogP contribution in [0, 0.1) is 6.92 Å². The maximum atomic E-state index is 6.39. The third kappa shape index (κ3) is 3.70. The molecule has 172 valence electrons. The van der Waals surface area contributed by atoms with E-state index in [1.807, 2.05) is 15.3 Å². The van der Waals surface area contributed by atoms with Crippen molar-refractivity contribution in [3.8, 4) is 11.1 Å². The van der Waals surface area contributed by atoms with Crippen molar-refractivity contribution in [2.24, 2.45) is 0 Å². The predicted molar refractivity (Wildman–Crippen MR) is 133 cm³/mol. The number of hydrogen-bond donors (Lipinski definition) is 1. The van der Waals surface area contributed by atoms with Crippen molar-refractivity contribution in [2.75, 3.05) is 32.0 Å². The molecule has 2 N–H and O–H groups in total. The van der Waals surface area contributed by atoms with Crippen molar-refractivity contribution in [1.29, 1.82) is 0 Å². The van der Waals surface area contributed by atoms with Gasteiger partial charge in [-0.3, -0.25) is 9.58 Å². The molecule has 0 unspecified atom stereocenters. The molecule has 1 saturated heterocycles. The van der Waals surface area contributed by atoms with Crippen molar-refractivity contribution < 1.29 is 4.74 Å². The highest BCUT2D eigenvalue weighted by Gasteiger charge is 2.23. The third-order valence-electron chi connectivity index (χ3n) is 6.63. The summed E-state index contributed by atoms with van der Waals surface area (Å²) in [5, 5.41) is 10.5. The van der Waals surface area contributed by atoms with Gasteiger partial charge >= 0.3 is 0 Å². The zero-order valence-corrected chi connectivity index (χ0v) is 19.2. The number of rotatable bonds is 5. The quantitative estimate of drug-likeness (QED) is 0.438. The number of nitrogens with zero attached hydrogens (tertiary/aromatic N) is 6. The van der Waals surface area contributed by atoms with E-state index in [-0.39, 0.29) is 0 Å². The molecule has 8 nitrogen and oxygen atoms in total. The Labute approximate surface area is 197 Å². The maximum absolute atomic E-state index is 6.39. The number of ether oxygens (including phenoxy) is 1. The molecule has 0 amide bonds. The first-order valence-corrected chi connectivity index (χ1v) is 11.6. The summed E-state index contributed by atoms with van der Waals surface area (Å²) in [7, 11) is 0. The van der Waals surface area contributed by atoms with E-state index in [9.17, 15) is 0 Å². The van der Waals surface area contributed by atoms with Gasteiger partial charge in [-0.15, -0.1) is 0 Å². The second-order valence-electron chi connectivity index (χ2n) is 8.83. The van der Waals surface area contributed by atoms with Crippen LogP contribution in [0.3, 0.4) is 0 Å². The fourth-order valence-electron chi connectivity index (χ4n) is 4.87. The Bertz CT molecular complexity index is 1470. The van der Waals surface area contributed by atoms with Crippen LogP contribution in [-0.4, -0.2) is 55.6 Å². The van der Waals surface area contributed by atoms with Gasteiger partial charge < -0.3 is 10.5 Å². The summed E-state index contributed by atoms with van der Waals surface area (Å²) in [5.41, 5.74) is 13.9. The average molecular weight is 454 g/mol. The van der Waals surface area contributed by atoms with E-state index >= 15 is 0 Å². The number of fused-ring (bicyclic) bond motifs is 2. The predicted octanol–water partition coefficient (Wildman–Crippen LogP) is 3.52. The Kier molecular flexibility index (Phi) is 5.24. The molecule has 0 saturated carbocycles. The second kappa shape index (κ2) is 8.55. The minimum Gasteiger partial charge on any atom is -0.382 e. The second-order valence-corrected chi connectivity index (χ2v) is 8.83. The Morgan fingerprint density at radius 3 is 2.68 bits per heavy atom. The lowest BCUT2D eigenvalue weighted by Gasteiger charge is -2.26. The molecular formula is C26H27N7O. The van der Waals surface area contributed by atoms with Crippen molar-refractivity contribution in [2.45, 2.75) is 20.0 Å². The standard InChI is InChI=1S/C26H27N7O/c1-18-23(16-31-9-11-34-12-10-31)33-25(26(27)28-17-29-33)24(18)20-7-8-21-15-32(30-22(21)13-20)14-19-5-3-2-4-6-19/h2-8,13,15,17H,9-12,14,16H2,1H3,(H2,27,28,29). The molecule has 2 aromatic carbocycles. The molecule has 6 rings (SSSR count). The molecule has 1 aliphatic heterocycles. The Morgan fingerprint density at radius 1 is 1.03 bits per heavy atom. The van der Waals surface area contributed by atoms with Crippen LogP contribution in [0.4, 0.5) is 5.82 Å². The van der Waals surface area contributed by atoms with Crippen molar-refractivity contribution in [3.05, 3.63) is 77.9 Å². The van der Waals surface area contributed by atoms with E-state index in [1.165, 1.54) is 17.5 Å².